The molecule has 0 aliphatic rings. The second kappa shape index (κ2) is 6.89. The van der Waals surface area contributed by atoms with Crippen LogP contribution in [0, 0.1) is 0 Å². The highest BCUT2D eigenvalue weighted by atomic mass is 16.5. The topological polar surface area (TPSA) is 67.0 Å². The van der Waals surface area contributed by atoms with E-state index in [2.05, 4.69) is 15.3 Å². The van der Waals surface area contributed by atoms with Gasteiger partial charge < -0.3 is 15.0 Å². The van der Waals surface area contributed by atoms with Gasteiger partial charge in [0.25, 0.3) is 0 Å². The zero-order valence-corrected chi connectivity index (χ0v) is 11.1. The first-order valence-corrected chi connectivity index (χ1v) is 6.57. The molecule has 1 heterocycles. The quantitative estimate of drug-likeness (QED) is 0.749. The molecule has 0 aliphatic carbocycles. The summed E-state index contributed by atoms with van der Waals surface area (Å²) in [6.45, 7) is 3.64. The van der Waals surface area contributed by atoms with Gasteiger partial charge >= 0.3 is 0 Å². The SMILES string of the molecule is CCCOCCC(=O)NCc1nc2ccccc2[nH]1. The van der Waals surface area contributed by atoms with Crippen LogP contribution in [0.5, 0.6) is 0 Å². The van der Waals surface area contributed by atoms with Gasteiger partial charge in [-0.15, -0.1) is 0 Å². The minimum Gasteiger partial charge on any atom is -0.381 e. The van der Waals surface area contributed by atoms with Crippen LogP contribution in [0.15, 0.2) is 24.3 Å². The third kappa shape index (κ3) is 4.06. The molecule has 2 rings (SSSR count). The fourth-order valence-electron chi connectivity index (χ4n) is 1.77. The van der Waals surface area contributed by atoms with E-state index in [1.807, 2.05) is 31.2 Å². The number of nitrogens with one attached hydrogen (secondary N) is 2. The molecule has 2 aromatic rings. The van der Waals surface area contributed by atoms with Gasteiger partial charge in [-0.1, -0.05) is 19.1 Å². The van der Waals surface area contributed by atoms with Crippen molar-refractivity contribution in [2.75, 3.05) is 13.2 Å². The number of H-pyrrole nitrogens is 1. The van der Waals surface area contributed by atoms with Crippen molar-refractivity contribution in [3.63, 3.8) is 0 Å². The molecule has 5 heteroatoms. The van der Waals surface area contributed by atoms with E-state index in [-0.39, 0.29) is 5.91 Å². The van der Waals surface area contributed by atoms with Crippen LogP contribution in [-0.4, -0.2) is 29.1 Å². The maximum Gasteiger partial charge on any atom is 0.222 e. The first-order valence-electron chi connectivity index (χ1n) is 6.57. The van der Waals surface area contributed by atoms with Crippen LogP contribution in [0.3, 0.4) is 0 Å². The summed E-state index contributed by atoms with van der Waals surface area (Å²) >= 11 is 0. The molecule has 0 saturated carbocycles. The fourth-order valence-corrected chi connectivity index (χ4v) is 1.77. The molecule has 0 aliphatic heterocycles. The Labute approximate surface area is 112 Å². The number of imidazole rings is 1. The van der Waals surface area contributed by atoms with Crippen molar-refractivity contribution in [2.45, 2.75) is 26.3 Å². The summed E-state index contributed by atoms with van der Waals surface area (Å²) in [7, 11) is 0. The molecule has 0 bridgehead atoms. The van der Waals surface area contributed by atoms with Gasteiger partial charge in [-0.25, -0.2) is 4.98 Å². The Morgan fingerprint density at radius 1 is 1.37 bits per heavy atom. The second-order valence-corrected chi connectivity index (χ2v) is 4.34. The van der Waals surface area contributed by atoms with Gasteiger partial charge in [-0.2, -0.15) is 0 Å². The summed E-state index contributed by atoms with van der Waals surface area (Å²) in [4.78, 5) is 19.1. The van der Waals surface area contributed by atoms with Gasteiger partial charge in [0.15, 0.2) is 0 Å². The minimum absolute atomic E-state index is 0.0171. The summed E-state index contributed by atoms with van der Waals surface area (Å²) in [5.74, 6) is 0.751. The molecule has 0 fully saturated rings. The molecular weight excluding hydrogens is 242 g/mol. The lowest BCUT2D eigenvalue weighted by Crippen LogP contribution is -2.24. The van der Waals surface area contributed by atoms with Crippen molar-refractivity contribution < 1.29 is 9.53 Å². The molecule has 0 spiro atoms. The highest BCUT2D eigenvalue weighted by Gasteiger charge is 2.04. The number of ether oxygens (including phenoxy) is 1. The third-order valence-corrected chi connectivity index (χ3v) is 2.71. The summed E-state index contributed by atoms with van der Waals surface area (Å²) in [5, 5.41) is 2.82. The molecule has 19 heavy (non-hydrogen) atoms. The molecule has 1 aromatic heterocycles. The maximum absolute atomic E-state index is 11.6. The maximum atomic E-state index is 11.6. The van der Waals surface area contributed by atoms with Crippen LogP contribution < -0.4 is 5.32 Å². The number of fused-ring (bicyclic) bond motifs is 1. The molecule has 0 unspecified atom stereocenters. The van der Waals surface area contributed by atoms with Gasteiger partial charge in [0.05, 0.1) is 24.2 Å². The fraction of sp³-hybridized carbons (Fsp3) is 0.429. The average molecular weight is 261 g/mol. The normalized spacial score (nSPS) is 10.8. The van der Waals surface area contributed by atoms with Crippen molar-refractivity contribution in [1.82, 2.24) is 15.3 Å². The third-order valence-electron chi connectivity index (χ3n) is 2.71. The number of benzene rings is 1. The number of amides is 1. The number of para-hydroxylation sites is 2. The van der Waals surface area contributed by atoms with E-state index in [1.165, 1.54) is 0 Å². The van der Waals surface area contributed by atoms with Gasteiger partial charge in [0, 0.05) is 13.0 Å². The molecule has 0 atom stereocenters. The average Bonchev–Trinajstić information content (AvgIpc) is 2.84. The van der Waals surface area contributed by atoms with Crippen LogP contribution in [0.2, 0.25) is 0 Å². The Balaban J connectivity index is 1.77. The van der Waals surface area contributed by atoms with Crippen molar-refractivity contribution in [1.29, 1.82) is 0 Å². The van der Waals surface area contributed by atoms with E-state index in [0.717, 1.165) is 23.3 Å². The number of hydrogen-bond donors (Lipinski definition) is 2. The Hall–Kier alpha value is -1.88. The van der Waals surface area contributed by atoms with E-state index in [1.54, 1.807) is 0 Å². The van der Waals surface area contributed by atoms with Crippen LogP contribution in [0.1, 0.15) is 25.6 Å². The van der Waals surface area contributed by atoms with Crippen molar-refractivity contribution in [3.8, 4) is 0 Å². The van der Waals surface area contributed by atoms with Crippen LogP contribution in [-0.2, 0) is 16.1 Å². The lowest BCUT2D eigenvalue weighted by atomic mass is 10.3. The Morgan fingerprint density at radius 2 is 2.21 bits per heavy atom. The molecule has 1 amide bonds. The number of carbonyl (C=O) groups is 1. The first-order chi connectivity index (χ1) is 9.29. The summed E-state index contributed by atoms with van der Waals surface area (Å²) in [5.41, 5.74) is 1.90. The van der Waals surface area contributed by atoms with Gasteiger partial charge in [-0.3, -0.25) is 4.79 Å². The van der Waals surface area contributed by atoms with Crippen molar-refractivity contribution in [3.05, 3.63) is 30.1 Å². The summed E-state index contributed by atoms with van der Waals surface area (Å²) in [6, 6.07) is 7.80. The van der Waals surface area contributed by atoms with E-state index in [9.17, 15) is 4.79 Å². The van der Waals surface area contributed by atoms with Crippen LogP contribution >= 0.6 is 0 Å². The standard InChI is InChI=1S/C14H19N3O2/c1-2-8-19-9-7-14(18)15-10-13-16-11-5-3-4-6-12(11)17-13/h3-6H,2,7-10H2,1H3,(H,15,18)(H,16,17). The van der Waals surface area contributed by atoms with Gasteiger partial charge in [0.2, 0.25) is 5.91 Å². The lowest BCUT2D eigenvalue weighted by molar-refractivity contribution is -0.122. The highest BCUT2D eigenvalue weighted by molar-refractivity contribution is 5.77. The predicted octanol–water partition coefficient (Wildman–Crippen LogP) is 2.00. The molecule has 0 radical (unpaired) electrons. The smallest absolute Gasteiger partial charge is 0.222 e. The zero-order chi connectivity index (χ0) is 13.5. The lowest BCUT2D eigenvalue weighted by Gasteiger charge is -2.03. The number of aromatic amines is 1. The Bertz CT molecular complexity index is 503. The molecule has 5 nitrogen and oxygen atoms in total. The molecule has 0 saturated heterocycles. The van der Waals surface area contributed by atoms with E-state index >= 15 is 0 Å². The van der Waals surface area contributed by atoms with E-state index in [0.29, 0.717) is 26.2 Å². The Morgan fingerprint density at radius 3 is 3.00 bits per heavy atom. The molecule has 102 valence electrons. The minimum atomic E-state index is -0.0171. The second-order valence-electron chi connectivity index (χ2n) is 4.34. The highest BCUT2D eigenvalue weighted by Crippen LogP contribution is 2.09. The summed E-state index contributed by atoms with van der Waals surface area (Å²) in [6.07, 6.45) is 1.36. The van der Waals surface area contributed by atoms with Crippen LogP contribution in [0.4, 0.5) is 0 Å². The number of rotatable bonds is 7. The predicted molar refractivity (Wildman–Crippen MR) is 73.7 cm³/mol. The number of hydrogen-bond acceptors (Lipinski definition) is 3. The van der Waals surface area contributed by atoms with E-state index in [4.69, 9.17) is 4.74 Å². The zero-order valence-electron chi connectivity index (χ0n) is 11.1. The largest absolute Gasteiger partial charge is 0.381 e. The number of nitrogens with zero attached hydrogens (tertiary/aromatic N) is 1. The van der Waals surface area contributed by atoms with Crippen molar-refractivity contribution >= 4 is 16.9 Å². The molecular formula is C14H19N3O2. The Kier molecular flexibility index (Phi) is 4.92. The van der Waals surface area contributed by atoms with Crippen LogP contribution in [0.25, 0.3) is 11.0 Å². The summed E-state index contributed by atoms with van der Waals surface area (Å²) < 4.78 is 5.27. The van der Waals surface area contributed by atoms with E-state index < -0.39 is 0 Å². The number of carbonyl (C=O) groups excluding carboxylic acids is 1. The molecule has 1 aromatic carbocycles. The van der Waals surface area contributed by atoms with Gasteiger partial charge in [-0.05, 0) is 18.6 Å². The van der Waals surface area contributed by atoms with Crippen molar-refractivity contribution in [2.24, 2.45) is 0 Å². The first kappa shape index (κ1) is 13.5. The molecule has 2 N–H and O–H groups in total. The number of aromatic nitrogens is 2. The monoisotopic (exact) mass is 261 g/mol. The van der Waals surface area contributed by atoms with Gasteiger partial charge in [0.1, 0.15) is 5.82 Å².